The first kappa shape index (κ1) is 11.8. The molecule has 6 heteroatoms. The van der Waals surface area contributed by atoms with Crippen molar-refractivity contribution in [3.63, 3.8) is 0 Å². The van der Waals surface area contributed by atoms with Gasteiger partial charge in [0.25, 0.3) is 5.91 Å². The average molecular weight is 276 g/mol. The van der Waals surface area contributed by atoms with Crippen LogP contribution in [0.3, 0.4) is 0 Å². The Hall–Kier alpha value is -1.30. The third kappa shape index (κ3) is 2.38. The molecule has 0 radical (unpaired) electrons. The molecular formula is C9H10BrNO4. The average Bonchev–Trinajstić information content (AvgIpc) is 2.60. The molecule has 82 valence electrons. The van der Waals surface area contributed by atoms with Crippen LogP contribution in [0.4, 0.5) is 0 Å². The van der Waals surface area contributed by atoms with Crippen LogP contribution < -0.4 is 0 Å². The Labute approximate surface area is 94.8 Å². The zero-order valence-corrected chi connectivity index (χ0v) is 9.82. The number of carboxylic acid groups (broad SMARTS) is 1. The summed E-state index contributed by atoms with van der Waals surface area (Å²) in [4.78, 5) is 23.5. The third-order valence-electron chi connectivity index (χ3n) is 2.07. The molecule has 0 saturated heterocycles. The summed E-state index contributed by atoms with van der Waals surface area (Å²) in [7, 11) is 1.41. The van der Waals surface area contributed by atoms with Crippen molar-refractivity contribution in [3.8, 4) is 0 Å². The van der Waals surface area contributed by atoms with Gasteiger partial charge < -0.3 is 14.4 Å². The first-order chi connectivity index (χ1) is 6.95. The Morgan fingerprint density at radius 1 is 1.60 bits per heavy atom. The summed E-state index contributed by atoms with van der Waals surface area (Å²) < 4.78 is 5.46. The Morgan fingerprint density at radius 2 is 2.20 bits per heavy atom. The maximum Gasteiger partial charge on any atom is 0.326 e. The number of carbonyl (C=O) groups is 2. The summed E-state index contributed by atoms with van der Waals surface area (Å²) in [5.74, 6) is -1.43. The van der Waals surface area contributed by atoms with E-state index >= 15 is 0 Å². The van der Waals surface area contributed by atoms with Crippen LogP contribution in [0.5, 0.6) is 0 Å². The maximum atomic E-state index is 11.7. The fraction of sp³-hybridized carbons (Fsp3) is 0.333. The van der Waals surface area contributed by atoms with Crippen LogP contribution in [0, 0.1) is 0 Å². The van der Waals surface area contributed by atoms with Gasteiger partial charge in [-0.05, 0) is 28.9 Å². The number of halogens is 1. The zero-order chi connectivity index (χ0) is 11.6. The van der Waals surface area contributed by atoms with Gasteiger partial charge >= 0.3 is 5.97 Å². The van der Waals surface area contributed by atoms with Gasteiger partial charge in [-0.25, -0.2) is 4.79 Å². The number of rotatable bonds is 3. The molecule has 1 amide bonds. The van der Waals surface area contributed by atoms with Crippen LogP contribution >= 0.6 is 15.9 Å². The Bertz CT molecular complexity index is 387. The number of nitrogens with zero attached hydrogens (tertiary/aromatic N) is 1. The van der Waals surface area contributed by atoms with Gasteiger partial charge in [-0.1, -0.05) is 0 Å². The molecule has 1 atom stereocenters. The highest BCUT2D eigenvalue weighted by molar-refractivity contribution is 9.10. The molecule has 0 aliphatic rings. The van der Waals surface area contributed by atoms with Crippen LogP contribution in [0.2, 0.25) is 0 Å². The highest BCUT2D eigenvalue weighted by atomic mass is 79.9. The summed E-state index contributed by atoms with van der Waals surface area (Å²) in [5.41, 5.74) is 0. The van der Waals surface area contributed by atoms with E-state index in [0.717, 1.165) is 4.90 Å². The molecular weight excluding hydrogens is 266 g/mol. The minimum absolute atomic E-state index is 0.102. The molecule has 0 saturated carbocycles. The van der Waals surface area contributed by atoms with Crippen LogP contribution in [0.25, 0.3) is 0 Å². The Balaban J connectivity index is 2.86. The molecule has 1 unspecified atom stereocenters. The fourth-order valence-electron chi connectivity index (χ4n) is 0.948. The molecule has 1 aromatic heterocycles. The molecule has 1 aromatic rings. The molecule has 0 spiro atoms. The van der Waals surface area contributed by atoms with Crippen LogP contribution in [0.1, 0.15) is 17.5 Å². The summed E-state index contributed by atoms with van der Waals surface area (Å²) >= 11 is 3.13. The van der Waals surface area contributed by atoms with E-state index in [4.69, 9.17) is 9.52 Å². The van der Waals surface area contributed by atoms with Crippen molar-refractivity contribution in [1.82, 2.24) is 4.90 Å². The SMILES string of the molecule is CC(C(=O)O)N(C)C(=O)c1occc1Br. The molecule has 0 fully saturated rings. The van der Waals surface area contributed by atoms with Gasteiger partial charge in [0.05, 0.1) is 10.7 Å². The second-order valence-electron chi connectivity index (χ2n) is 3.03. The van der Waals surface area contributed by atoms with E-state index in [1.165, 1.54) is 20.2 Å². The second kappa shape index (κ2) is 4.48. The monoisotopic (exact) mass is 275 g/mol. The lowest BCUT2D eigenvalue weighted by Gasteiger charge is -2.20. The van der Waals surface area contributed by atoms with E-state index in [0.29, 0.717) is 4.47 Å². The smallest absolute Gasteiger partial charge is 0.326 e. The topological polar surface area (TPSA) is 70.8 Å². The predicted molar refractivity (Wildman–Crippen MR) is 55.6 cm³/mol. The molecule has 1 N–H and O–H groups in total. The van der Waals surface area contributed by atoms with Crippen molar-refractivity contribution < 1.29 is 19.1 Å². The summed E-state index contributed by atoms with van der Waals surface area (Å²) in [6.07, 6.45) is 1.36. The van der Waals surface area contributed by atoms with E-state index in [1.54, 1.807) is 6.07 Å². The minimum atomic E-state index is -1.06. The van der Waals surface area contributed by atoms with Crippen molar-refractivity contribution in [2.24, 2.45) is 0 Å². The molecule has 1 rings (SSSR count). The number of carbonyl (C=O) groups excluding carboxylic acids is 1. The molecule has 0 aliphatic heterocycles. The minimum Gasteiger partial charge on any atom is -0.480 e. The highest BCUT2D eigenvalue weighted by Crippen LogP contribution is 2.19. The number of hydrogen-bond acceptors (Lipinski definition) is 3. The van der Waals surface area contributed by atoms with Crippen molar-refractivity contribution in [1.29, 1.82) is 0 Å². The first-order valence-corrected chi connectivity index (χ1v) is 4.97. The van der Waals surface area contributed by atoms with Gasteiger partial charge in [0.15, 0.2) is 0 Å². The van der Waals surface area contributed by atoms with E-state index in [-0.39, 0.29) is 5.76 Å². The summed E-state index contributed by atoms with van der Waals surface area (Å²) in [6, 6.07) is 0.682. The number of amides is 1. The third-order valence-corrected chi connectivity index (χ3v) is 2.69. The molecule has 0 aromatic carbocycles. The van der Waals surface area contributed by atoms with E-state index in [2.05, 4.69) is 15.9 Å². The highest BCUT2D eigenvalue weighted by Gasteiger charge is 2.25. The van der Waals surface area contributed by atoms with E-state index in [9.17, 15) is 9.59 Å². The van der Waals surface area contributed by atoms with Gasteiger partial charge in [0.2, 0.25) is 5.76 Å². The molecule has 1 heterocycles. The van der Waals surface area contributed by atoms with Gasteiger partial charge in [-0.15, -0.1) is 0 Å². The first-order valence-electron chi connectivity index (χ1n) is 4.18. The van der Waals surface area contributed by atoms with E-state index < -0.39 is 17.9 Å². The largest absolute Gasteiger partial charge is 0.480 e. The number of likely N-dealkylation sites (N-methyl/N-ethyl adjacent to an activating group) is 1. The standard InChI is InChI=1S/C9H10BrNO4/c1-5(9(13)14)11(2)8(12)7-6(10)3-4-15-7/h3-5H,1-2H3,(H,13,14). The zero-order valence-electron chi connectivity index (χ0n) is 8.23. The fourth-order valence-corrected chi connectivity index (χ4v) is 1.32. The number of carboxylic acids is 1. The Morgan fingerprint density at radius 3 is 2.60 bits per heavy atom. The summed E-state index contributed by atoms with van der Waals surface area (Å²) in [5, 5.41) is 8.73. The van der Waals surface area contributed by atoms with Crippen molar-refractivity contribution >= 4 is 27.8 Å². The Kier molecular flexibility index (Phi) is 3.52. The normalized spacial score (nSPS) is 12.2. The van der Waals surface area contributed by atoms with Crippen LogP contribution in [-0.4, -0.2) is 35.0 Å². The number of furan rings is 1. The van der Waals surface area contributed by atoms with Gasteiger partial charge in [-0.2, -0.15) is 0 Å². The molecule has 5 nitrogen and oxygen atoms in total. The van der Waals surface area contributed by atoms with Crippen molar-refractivity contribution in [3.05, 3.63) is 22.6 Å². The quantitative estimate of drug-likeness (QED) is 0.910. The number of aliphatic carboxylic acids is 1. The molecule has 0 bridgehead atoms. The lowest BCUT2D eigenvalue weighted by Crippen LogP contribution is -2.40. The van der Waals surface area contributed by atoms with Crippen LogP contribution in [-0.2, 0) is 4.79 Å². The van der Waals surface area contributed by atoms with Crippen molar-refractivity contribution in [2.75, 3.05) is 7.05 Å². The van der Waals surface area contributed by atoms with Crippen LogP contribution in [0.15, 0.2) is 21.2 Å². The summed E-state index contributed by atoms with van der Waals surface area (Å²) in [6.45, 7) is 1.43. The second-order valence-corrected chi connectivity index (χ2v) is 3.88. The number of hydrogen-bond donors (Lipinski definition) is 1. The maximum absolute atomic E-state index is 11.7. The van der Waals surface area contributed by atoms with Gasteiger partial charge in [-0.3, -0.25) is 4.79 Å². The predicted octanol–water partition coefficient (Wildman–Crippen LogP) is 1.59. The van der Waals surface area contributed by atoms with Gasteiger partial charge in [0, 0.05) is 7.05 Å². The van der Waals surface area contributed by atoms with Crippen molar-refractivity contribution in [2.45, 2.75) is 13.0 Å². The molecule has 15 heavy (non-hydrogen) atoms. The lowest BCUT2D eigenvalue weighted by molar-refractivity contribution is -0.141. The van der Waals surface area contributed by atoms with E-state index in [1.807, 2.05) is 0 Å². The molecule has 0 aliphatic carbocycles. The lowest BCUT2D eigenvalue weighted by atomic mass is 10.3. The van der Waals surface area contributed by atoms with Gasteiger partial charge in [0.1, 0.15) is 6.04 Å².